The van der Waals surface area contributed by atoms with Crippen molar-refractivity contribution >= 4 is 5.97 Å². The summed E-state index contributed by atoms with van der Waals surface area (Å²) in [6.07, 6.45) is 0. The fourth-order valence-corrected chi connectivity index (χ4v) is 1.81. The molecule has 0 amide bonds. The van der Waals surface area contributed by atoms with Crippen molar-refractivity contribution in [3.63, 3.8) is 0 Å². The highest BCUT2D eigenvalue weighted by Gasteiger charge is 2.16. The smallest absolute Gasteiger partial charge is 0.310 e. The lowest BCUT2D eigenvalue weighted by atomic mass is 10.1. The number of esters is 1. The van der Waals surface area contributed by atoms with E-state index in [1.54, 1.807) is 0 Å². The standard InChI is InChI=1S/C15H23NO2/c1-4-16(5-2)11-13(3)15(17)18-12-14-9-7-6-8-10-14/h6-10,13H,4-5,11-12H2,1-3H3. The van der Waals surface area contributed by atoms with Crippen LogP contribution in [0.4, 0.5) is 0 Å². The highest BCUT2D eigenvalue weighted by atomic mass is 16.5. The largest absolute Gasteiger partial charge is 0.461 e. The molecule has 0 radical (unpaired) electrons. The van der Waals surface area contributed by atoms with E-state index in [2.05, 4.69) is 18.7 Å². The van der Waals surface area contributed by atoms with Crippen molar-refractivity contribution < 1.29 is 9.53 Å². The molecule has 0 heterocycles. The first-order chi connectivity index (χ1) is 8.67. The van der Waals surface area contributed by atoms with Crippen molar-refractivity contribution in [1.29, 1.82) is 0 Å². The number of rotatable bonds is 7. The molecular formula is C15H23NO2. The summed E-state index contributed by atoms with van der Waals surface area (Å²) in [6, 6.07) is 9.77. The summed E-state index contributed by atoms with van der Waals surface area (Å²) in [6.45, 7) is 9.19. The van der Waals surface area contributed by atoms with E-state index in [1.807, 2.05) is 37.3 Å². The zero-order valence-electron chi connectivity index (χ0n) is 11.6. The minimum atomic E-state index is -0.120. The number of hydrogen-bond donors (Lipinski definition) is 0. The Labute approximate surface area is 110 Å². The number of nitrogens with zero attached hydrogens (tertiary/aromatic N) is 1. The summed E-state index contributed by atoms with van der Waals surface area (Å²) in [4.78, 5) is 14.1. The molecule has 3 nitrogen and oxygen atoms in total. The van der Waals surface area contributed by atoms with Crippen LogP contribution >= 0.6 is 0 Å². The Bertz CT molecular complexity index is 347. The molecule has 0 bridgehead atoms. The third-order valence-electron chi connectivity index (χ3n) is 3.05. The Morgan fingerprint density at radius 1 is 1.22 bits per heavy atom. The van der Waals surface area contributed by atoms with Crippen molar-refractivity contribution in [2.24, 2.45) is 5.92 Å². The maximum Gasteiger partial charge on any atom is 0.310 e. The van der Waals surface area contributed by atoms with Crippen LogP contribution in [-0.4, -0.2) is 30.5 Å². The molecule has 0 aliphatic heterocycles. The summed E-state index contributed by atoms with van der Waals surface area (Å²) in [5.41, 5.74) is 1.03. The third-order valence-corrected chi connectivity index (χ3v) is 3.05. The normalized spacial score (nSPS) is 12.4. The number of benzene rings is 1. The highest BCUT2D eigenvalue weighted by Crippen LogP contribution is 2.06. The van der Waals surface area contributed by atoms with E-state index in [1.165, 1.54) is 0 Å². The van der Waals surface area contributed by atoms with Crippen molar-refractivity contribution in [2.45, 2.75) is 27.4 Å². The molecule has 1 aromatic rings. The second kappa shape index (κ2) is 7.88. The van der Waals surface area contributed by atoms with Gasteiger partial charge in [0, 0.05) is 6.54 Å². The van der Waals surface area contributed by atoms with Gasteiger partial charge in [-0.2, -0.15) is 0 Å². The maximum absolute atomic E-state index is 11.8. The molecule has 1 aromatic carbocycles. The molecule has 0 fully saturated rings. The zero-order valence-corrected chi connectivity index (χ0v) is 11.6. The molecule has 0 saturated carbocycles. The Balaban J connectivity index is 2.36. The molecule has 0 aliphatic carbocycles. The van der Waals surface area contributed by atoms with Crippen molar-refractivity contribution in [3.05, 3.63) is 35.9 Å². The lowest BCUT2D eigenvalue weighted by molar-refractivity contribution is -0.149. The quantitative estimate of drug-likeness (QED) is 0.696. The second-order valence-electron chi connectivity index (χ2n) is 4.48. The highest BCUT2D eigenvalue weighted by molar-refractivity contribution is 5.72. The minimum absolute atomic E-state index is 0.0754. The van der Waals surface area contributed by atoms with Crippen LogP contribution < -0.4 is 0 Å². The van der Waals surface area contributed by atoms with Crippen LogP contribution in [0, 0.1) is 5.92 Å². The zero-order chi connectivity index (χ0) is 13.4. The molecule has 0 aliphatic rings. The summed E-state index contributed by atoms with van der Waals surface area (Å²) >= 11 is 0. The Kier molecular flexibility index (Phi) is 6.44. The molecule has 1 unspecified atom stereocenters. The minimum Gasteiger partial charge on any atom is -0.461 e. The lowest BCUT2D eigenvalue weighted by Gasteiger charge is -2.21. The van der Waals surface area contributed by atoms with Gasteiger partial charge in [0.1, 0.15) is 6.61 Å². The second-order valence-corrected chi connectivity index (χ2v) is 4.48. The topological polar surface area (TPSA) is 29.5 Å². The first kappa shape index (κ1) is 14.7. The third kappa shape index (κ3) is 4.88. The Hall–Kier alpha value is -1.35. The number of carbonyl (C=O) groups is 1. The predicted molar refractivity (Wildman–Crippen MR) is 73.2 cm³/mol. The summed E-state index contributed by atoms with van der Waals surface area (Å²) in [5.74, 6) is -0.195. The molecule has 1 rings (SSSR count). The monoisotopic (exact) mass is 249 g/mol. The van der Waals surface area contributed by atoms with Gasteiger partial charge in [0.15, 0.2) is 0 Å². The van der Waals surface area contributed by atoms with Gasteiger partial charge in [-0.25, -0.2) is 0 Å². The summed E-state index contributed by atoms with van der Waals surface area (Å²) in [5, 5.41) is 0. The van der Waals surface area contributed by atoms with E-state index in [-0.39, 0.29) is 11.9 Å². The maximum atomic E-state index is 11.8. The average molecular weight is 249 g/mol. The fourth-order valence-electron chi connectivity index (χ4n) is 1.81. The van der Waals surface area contributed by atoms with Crippen LogP contribution in [0.5, 0.6) is 0 Å². The van der Waals surface area contributed by atoms with Gasteiger partial charge in [0.05, 0.1) is 5.92 Å². The lowest BCUT2D eigenvalue weighted by Crippen LogP contribution is -2.32. The van der Waals surface area contributed by atoms with Crippen molar-refractivity contribution in [1.82, 2.24) is 4.90 Å². The SMILES string of the molecule is CCN(CC)CC(C)C(=O)OCc1ccccc1. The molecule has 1 atom stereocenters. The van der Waals surface area contributed by atoms with Crippen LogP contribution in [-0.2, 0) is 16.1 Å². The van der Waals surface area contributed by atoms with Crippen molar-refractivity contribution in [2.75, 3.05) is 19.6 Å². The Morgan fingerprint density at radius 3 is 2.39 bits per heavy atom. The fraction of sp³-hybridized carbons (Fsp3) is 0.533. The van der Waals surface area contributed by atoms with Crippen molar-refractivity contribution in [3.8, 4) is 0 Å². The number of carbonyl (C=O) groups excluding carboxylic acids is 1. The van der Waals surface area contributed by atoms with Gasteiger partial charge in [-0.05, 0) is 18.7 Å². The average Bonchev–Trinajstić information content (AvgIpc) is 2.42. The van der Waals surface area contributed by atoms with Gasteiger partial charge in [-0.1, -0.05) is 51.1 Å². The van der Waals surface area contributed by atoms with E-state index in [9.17, 15) is 4.79 Å². The van der Waals surface area contributed by atoms with E-state index < -0.39 is 0 Å². The van der Waals surface area contributed by atoms with E-state index in [0.29, 0.717) is 6.61 Å². The summed E-state index contributed by atoms with van der Waals surface area (Å²) < 4.78 is 5.31. The van der Waals surface area contributed by atoms with Crippen LogP contribution in [0.15, 0.2) is 30.3 Å². The predicted octanol–water partition coefficient (Wildman–Crippen LogP) is 2.71. The van der Waals surface area contributed by atoms with Crippen LogP contribution in [0.25, 0.3) is 0 Å². The number of hydrogen-bond acceptors (Lipinski definition) is 3. The van der Waals surface area contributed by atoms with Gasteiger partial charge in [-0.3, -0.25) is 4.79 Å². The van der Waals surface area contributed by atoms with Gasteiger partial charge < -0.3 is 9.64 Å². The van der Waals surface area contributed by atoms with Gasteiger partial charge in [0.25, 0.3) is 0 Å². The molecule has 0 N–H and O–H groups in total. The van der Waals surface area contributed by atoms with Gasteiger partial charge >= 0.3 is 5.97 Å². The van der Waals surface area contributed by atoms with Crippen LogP contribution in [0.1, 0.15) is 26.3 Å². The molecule has 3 heteroatoms. The Morgan fingerprint density at radius 2 is 1.83 bits per heavy atom. The molecular weight excluding hydrogens is 226 g/mol. The summed E-state index contributed by atoms with van der Waals surface area (Å²) in [7, 11) is 0. The molecule has 100 valence electrons. The first-order valence-electron chi connectivity index (χ1n) is 6.60. The molecule has 0 saturated heterocycles. The van der Waals surface area contributed by atoms with Crippen LogP contribution in [0.3, 0.4) is 0 Å². The number of ether oxygens (including phenoxy) is 1. The van der Waals surface area contributed by atoms with E-state index in [4.69, 9.17) is 4.74 Å². The van der Waals surface area contributed by atoms with E-state index >= 15 is 0 Å². The van der Waals surface area contributed by atoms with E-state index in [0.717, 1.165) is 25.2 Å². The molecule has 0 spiro atoms. The first-order valence-corrected chi connectivity index (χ1v) is 6.60. The molecule has 0 aromatic heterocycles. The molecule has 18 heavy (non-hydrogen) atoms. The van der Waals surface area contributed by atoms with Gasteiger partial charge in [-0.15, -0.1) is 0 Å². The van der Waals surface area contributed by atoms with Crippen LogP contribution in [0.2, 0.25) is 0 Å². The van der Waals surface area contributed by atoms with Gasteiger partial charge in [0.2, 0.25) is 0 Å².